The fourth-order valence-electron chi connectivity index (χ4n) is 1.51. The van der Waals surface area contributed by atoms with Crippen molar-refractivity contribution in [2.75, 3.05) is 11.9 Å². The lowest BCUT2D eigenvalue weighted by molar-refractivity contribution is 0.305. The predicted octanol–water partition coefficient (Wildman–Crippen LogP) is 3.14. The highest BCUT2D eigenvalue weighted by molar-refractivity contribution is 6.30. The molecule has 4 nitrogen and oxygen atoms in total. The third kappa shape index (κ3) is 3.34. The molecule has 0 amide bonds. The number of ether oxygens (including phenoxy) is 1. The number of anilines is 1. The van der Waals surface area contributed by atoms with E-state index in [1.807, 2.05) is 19.1 Å². The molecule has 0 radical (unpaired) electrons. The van der Waals surface area contributed by atoms with Gasteiger partial charge in [-0.25, -0.2) is 4.98 Å². The molecule has 0 aromatic carbocycles. The summed E-state index contributed by atoms with van der Waals surface area (Å²) >= 11 is 5.84. The largest absolute Gasteiger partial charge is 0.487 e. The van der Waals surface area contributed by atoms with Gasteiger partial charge in [0.2, 0.25) is 0 Å². The van der Waals surface area contributed by atoms with Crippen LogP contribution in [-0.4, -0.2) is 16.5 Å². The van der Waals surface area contributed by atoms with Crippen LogP contribution < -0.4 is 10.1 Å². The van der Waals surface area contributed by atoms with E-state index in [1.54, 1.807) is 24.7 Å². The molecule has 2 heterocycles. The minimum atomic E-state index is 0.429. The highest BCUT2D eigenvalue weighted by atomic mass is 35.5. The van der Waals surface area contributed by atoms with Crippen LogP contribution in [-0.2, 0) is 6.61 Å². The molecule has 94 valence electrons. The molecule has 0 fully saturated rings. The second kappa shape index (κ2) is 6.21. The Morgan fingerprint density at radius 2 is 2.28 bits per heavy atom. The zero-order chi connectivity index (χ0) is 12.8. The number of nitrogens with one attached hydrogen (secondary N) is 1. The summed E-state index contributed by atoms with van der Waals surface area (Å²) in [6, 6.07) is 5.59. The first kappa shape index (κ1) is 12.6. The van der Waals surface area contributed by atoms with E-state index in [0.717, 1.165) is 17.9 Å². The molecule has 0 spiro atoms. The van der Waals surface area contributed by atoms with Gasteiger partial charge in [-0.3, -0.25) is 4.98 Å². The highest BCUT2D eigenvalue weighted by Crippen LogP contribution is 2.18. The van der Waals surface area contributed by atoms with Gasteiger partial charge in [-0.1, -0.05) is 17.7 Å². The second-order valence-electron chi connectivity index (χ2n) is 3.67. The molecule has 18 heavy (non-hydrogen) atoms. The molecule has 0 aliphatic rings. The fourth-order valence-corrected chi connectivity index (χ4v) is 1.68. The van der Waals surface area contributed by atoms with E-state index in [1.165, 1.54) is 0 Å². The summed E-state index contributed by atoms with van der Waals surface area (Å²) in [4.78, 5) is 8.23. The summed E-state index contributed by atoms with van der Waals surface area (Å²) in [6.07, 6.45) is 4.96. The average Bonchev–Trinajstić information content (AvgIpc) is 2.38. The summed E-state index contributed by atoms with van der Waals surface area (Å²) in [5.41, 5.74) is 0.999. The molecule has 0 saturated heterocycles. The predicted molar refractivity (Wildman–Crippen MR) is 72.0 cm³/mol. The van der Waals surface area contributed by atoms with Crippen LogP contribution >= 0.6 is 11.6 Å². The zero-order valence-electron chi connectivity index (χ0n) is 10.1. The number of nitrogens with zero attached hydrogens (tertiary/aromatic N) is 2. The summed E-state index contributed by atoms with van der Waals surface area (Å²) in [5, 5.41) is 3.75. The van der Waals surface area contributed by atoms with Gasteiger partial charge in [0.15, 0.2) is 0 Å². The van der Waals surface area contributed by atoms with Gasteiger partial charge < -0.3 is 10.1 Å². The van der Waals surface area contributed by atoms with Gasteiger partial charge in [0.25, 0.3) is 0 Å². The molecular formula is C13H14ClN3O. The standard InChI is InChI=1S/C13H14ClN3O/c1-2-16-13-10(4-3-5-17-13)9-18-12-6-11(14)7-15-8-12/h3-8H,2,9H2,1H3,(H,16,17). The van der Waals surface area contributed by atoms with Crippen molar-refractivity contribution in [1.29, 1.82) is 0 Å². The van der Waals surface area contributed by atoms with Gasteiger partial charge >= 0.3 is 0 Å². The summed E-state index contributed by atoms with van der Waals surface area (Å²) in [5.74, 6) is 1.49. The summed E-state index contributed by atoms with van der Waals surface area (Å²) in [7, 11) is 0. The lowest BCUT2D eigenvalue weighted by Gasteiger charge is -2.10. The molecule has 0 unspecified atom stereocenters. The minimum absolute atomic E-state index is 0.429. The maximum Gasteiger partial charge on any atom is 0.139 e. The normalized spacial score (nSPS) is 10.1. The quantitative estimate of drug-likeness (QED) is 0.900. The first-order valence-electron chi connectivity index (χ1n) is 5.70. The zero-order valence-corrected chi connectivity index (χ0v) is 10.8. The Balaban J connectivity index is 2.06. The molecule has 0 saturated carbocycles. The van der Waals surface area contributed by atoms with Crippen LogP contribution in [0.4, 0.5) is 5.82 Å². The monoisotopic (exact) mass is 263 g/mol. The van der Waals surface area contributed by atoms with Crippen LogP contribution in [0.3, 0.4) is 0 Å². The number of rotatable bonds is 5. The third-order valence-electron chi connectivity index (χ3n) is 2.31. The van der Waals surface area contributed by atoms with Crippen molar-refractivity contribution in [3.63, 3.8) is 0 Å². The van der Waals surface area contributed by atoms with Gasteiger partial charge in [-0.05, 0) is 13.0 Å². The van der Waals surface area contributed by atoms with E-state index in [0.29, 0.717) is 17.4 Å². The fraction of sp³-hybridized carbons (Fsp3) is 0.231. The highest BCUT2D eigenvalue weighted by Gasteiger charge is 2.03. The van der Waals surface area contributed by atoms with Crippen LogP contribution in [0.25, 0.3) is 0 Å². The molecule has 0 aliphatic carbocycles. The maximum atomic E-state index is 5.84. The summed E-state index contributed by atoms with van der Waals surface area (Å²) in [6.45, 7) is 3.28. The number of hydrogen-bond acceptors (Lipinski definition) is 4. The number of hydrogen-bond donors (Lipinski definition) is 1. The molecule has 1 N–H and O–H groups in total. The van der Waals surface area contributed by atoms with Crippen LogP contribution in [0.1, 0.15) is 12.5 Å². The van der Waals surface area contributed by atoms with E-state index in [-0.39, 0.29) is 0 Å². The van der Waals surface area contributed by atoms with Crippen molar-refractivity contribution < 1.29 is 4.74 Å². The molecule has 0 bridgehead atoms. The molecule has 0 aliphatic heterocycles. The van der Waals surface area contributed by atoms with Crippen molar-refractivity contribution in [1.82, 2.24) is 9.97 Å². The SMILES string of the molecule is CCNc1ncccc1COc1cncc(Cl)c1. The van der Waals surface area contributed by atoms with Crippen molar-refractivity contribution >= 4 is 17.4 Å². The van der Waals surface area contributed by atoms with Gasteiger partial charge in [0.1, 0.15) is 18.2 Å². The van der Waals surface area contributed by atoms with Gasteiger partial charge in [-0.2, -0.15) is 0 Å². The van der Waals surface area contributed by atoms with Crippen molar-refractivity contribution in [2.24, 2.45) is 0 Å². The van der Waals surface area contributed by atoms with Crippen LogP contribution in [0.2, 0.25) is 5.02 Å². The van der Waals surface area contributed by atoms with Crippen molar-refractivity contribution in [2.45, 2.75) is 13.5 Å². The molecule has 0 atom stereocenters. The van der Waals surface area contributed by atoms with Crippen molar-refractivity contribution in [3.05, 3.63) is 47.4 Å². The Bertz CT molecular complexity index is 519. The summed E-state index contributed by atoms with van der Waals surface area (Å²) < 4.78 is 5.63. The molecule has 5 heteroatoms. The van der Waals surface area contributed by atoms with E-state index < -0.39 is 0 Å². The van der Waals surface area contributed by atoms with E-state index in [9.17, 15) is 0 Å². The topological polar surface area (TPSA) is 47.0 Å². The van der Waals surface area contributed by atoms with E-state index in [2.05, 4.69) is 15.3 Å². The Hall–Kier alpha value is -1.81. The smallest absolute Gasteiger partial charge is 0.139 e. The van der Waals surface area contributed by atoms with E-state index >= 15 is 0 Å². The van der Waals surface area contributed by atoms with Gasteiger partial charge in [0, 0.05) is 30.6 Å². The van der Waals surface area contributed by atoms with Crippen LogP contribution in [0.5, 0.6) is 5.75 Å². The first-order valence-corrected chi connectivity index (χ1v) is 6.08. The Morgan fingerprint density at radius 1 is 1.39 bits per heavy atom. The van der Waals surface area contributed by atoms with Crippen LogP contribution in [0.15, 0.2) is 36.8 Å². The van der Waals surface area contributed by atoms with Gasteiger partial charge in [0.05, 0.1) is 11.2 Å². The lowest BCUT2D eigenvalue weighted by atomic mass is 10.2. The number of halogens is 1. The van der Waals surface area contributed by atoms with Crippen LogP contribution in [0, 0.1) is 0 Å². The number of aromatic nitrogens is 2. The second-order valence-corrected chi connectivity index (χ2v) is 4.11. The Labute approximate surface area is 111 Å². The Morgan fingerprint density at radius 3 is 3.06 bits per heavy atom. The molecular weight excluding hydrogens is 250 g/mol. The lowest BCUT2D eigenvalue weighted by Crippen LogP contribution is -2.05. The molecule has 2 rings (SSSR count). The maximum absolute atomic E-state index is 5.84. The molecule has 2 aromatic heterocycles. The molecule has 2 aromatic rings. The number of pyridine rings is 2. The van der Waals surface area contributed by atoms with E-state index in [4.69, 9.17) is 16.3 Å². The van der Waals surface area contributed by atoms with Crippen molar-refractivity contribution in [3.8, 4) is 5.75 Å². The first-order chi connectivity index (χ1) is 8.79. The van der Waals surface area contributed by atoms with Gasteiger partial charge in [-0.15, -0.1) is 0 Å². The average molecular weight is 264 g/mol. The minimum Gasteiger partial charge on any atom is -0.487 e. The Kier molecular flexibility index (Phi) is 4.36. The third-order valence-corrected chi connectivity index (χ3v) is 2.52.